The Bertz CT molecular complexity index is 635. The molecule has 0 aliphatic carbocycles. The molecule has 0 aromatic carbocycles. The Labute approximate surface area is 137 Å². The molecule has 23 heavy (non-hydrogen) atoms. The number of likely N-dealkylation sites (tertiary alicyclic amines) is 1. The molecule has 1 atom stereocenters. The summed E-state index contributed by atoms with van der Waals surface area (Å²) in [6.45, 7) is 7.97. The normalized spacial score (nSPS) is 19.2. The zero-order valence-electron chi connectivity index (χ0n) is 14.2. The van der Waals surface area contributed by atoms with Crippen LogP contribution < -0.4 is 0 Å². The average molecular weight is 315 g/mol. The maximum Gasteiger partial charge on any atom is 0.0925 e. The Hall–Kier alpha value is -1.79. The van der Waals surface area contributed by atoms with Crippen LogP contribution in [0, 0.1) is 13.8 Å². The minimum atomic E-state index is 0.445. The summed E-state index contributed by atoms with van der Waals surface area (Å²) >= 11 is 0. The molecular weight excluding hydrogens is 290 g/mol. The van der Waals surface area contributed by atoms with Crippen molar-refractivity contribution >= 4 is 0 Å². The molecule has 1 N–H and O–H groups in total. The molecule has 3 heterocycles. The van der Waals surface area contributed by atoms with E-state index in [1.165, 1.54) is 12.8 Å². The molecule has 3 rings (SSSR count). The van der Waals surface area contributed by atoms with E-state index in [-0.39, 0.29) is 0 Å². The average Bonchev–Trinajstić information content (AvgIpc) is 2.92. The second kappa shape index (κ2) is 7.19. The van der Waals surface area contributed by atoms with Crippen molar-refractivity contribution in [3.8, 4) is 11.3 Å². The number of aromatic amines is 1. The number of aromatic nitrogens is 4. The first-order chi connectivity index (χ1) is 11.2. The minimum absolute atomic E-state index is 0.445. The predicted octanol–water partition coefficient (Wildman–Crippen LogP) is 2.31. The van der Waals surface area contributed by atoms with Crippen LogP contribution in [0.15, 0.2) is 12.4 Å². The molecule has 6 nitrogen and oxygen atoms in total. The van der Waals surface area contributed by atoms with E-state index in [2.05, 4.69) is 20.1 Å². The monoisotopic (exact) mass is 315 g/mol. The van der Waals surface area contributed by atoms with E-state index in [1.54, 1.807) is 7.11 Å². The molecule has 6 heteroatoms. The third kappa shape index (κ3) is 3.59. The highest BCUT2D eigenvalue weighted by Gasteiger charge is 2.23. The Morgan fingerprint density at radius 2 is 2.22 bits per heavy atom. The van der Waals surface area contributed by atoms with Gasteiger partial charge in [0, 0.05) is 43.6 Å². The van der Waals surface area contributed by atoms with Gasteiger partial charge in [0.25, 0.3) is 0 Å². The van der Waals surface area contributed by atoms with Crippen molar-refractivity contribution in [2.75, 3.05) is 33.4 Å². The molecule has 1 saturated heterocycles. The van der Waals surface area contributed by atoms with Gasteiger partial charge >= 0.3 is 0 Å². The molecule has 0 spiro atoms. The molecule has 124 valence electrons. The highest BCUT2D eigenvalue weighted by molar-refractivity contribution is 5.63. The van der Waals surface area contributed by atoms with Gasteiger partial charge in [-0.05, 0) is 33.2 Å². The summed E-state index contributed by atoms with van der Waals surface area (Å²) in [5.74, 6) is 0.445. The molecule has 1 fully saturated rings. The fraction of sp³-hybridized carbons (Fsp3) is 0.588. The Morgan fingerprint density at radius 3 is 2.96 bits per heavy atom. The quantitative estimate of drug-likeness (QED) is 0.917. The lowest BCUT2D eigenvalue weighted by Gasteiger charge is -2.32. The zero-order chi connectivity index (χ0) is 16.2. The minimum Gasteiger partial charge on any atom is -0.383 e. The first-order valence-electron chi connectivity index (χ1n) is 8.24. The largest absolute Gasteiger partial charge is 0.383 e. The van der Waals surface area contributed by atoms with Gasteiger partial charge in [0.15, 0.2) is 0 Å². The van der Waals surface area contributed by atoms with E-state index in [4.69, 9.17) is 9.72 Å². The number of rotatable bonds is 5. The van der Waals surface area contributed by atoms with Crippen LogP contribution in [0.2, 0.25) is 0 Å². The van der Waals surface area contributed by atoms with Crippen molar-refractivity contribution < 1.29 is 4.74 Å². The first kappa shape index (κ1) is 16.1. The summed E-state index contributed by atoms with van der Waals surface area (Å²) in [5.41, 5.74) is 5.09. The molecule has 0 bridgehead atoms. The topological polar surface area (TPSA) is 66.9 Å². The van der Waals surface area contributed by atoms with E-state index in [9.17, 15) is 0 Å². The van der Waals surface area contributed by atoms with Crippen molar-refractivity contribution in [1.29, 1.82) is 0 Å². The van der Waals surface area contributed by atoms with Gasteiger partial charge in [-0.1, -0.05) is 0 Å². The number of nitrogens with one attached hydrogen (secondary N) is 1. The smallest absolute Gasteiger partial charge is 0.0925 e. The van der Waals surface area contributed by atoms with Gasteiger partial charge in [-0.2, -0.15) is 5.10 Å². The first-order valence-corrected chi connectivity index (χ1v) is 8.24. The van der Waals surface area contributed by atoms with Crippen molar-refractivity contribution in [2.24, 2.45) is 0 Å². The van der Waals surface area contributed by atoms with Crippen LogP contribution in [-0.4, -0.2) is 58.4 Å². The fourth-order valence-corrected chi connectivity index (χ4v) is 3.35. The molecule has 2 aromatic rings. The van der Waals surface area contributed by atoms with Crippen LogP contribution in [0.25, 0.3) is 11.3 Å². The third-order valence-corrected chi connectivity index (χ3v) is 4.57. The highest BCUT2D eigenvalue weighted by atomic mass is 16.5. The van der Waals surface area contributed by atoms with Crippen LogP contribution in [0.3, 0.4) is 0 Å². The highest BCUT2D eigenvalue weighted by Crippen LogP contribution is 2.28. The van der Waals surface area contributed by atoms with E-state index < -0.39 is 0 Å². The van der Waals surface area contributed by atoms with Gasteiger partial charge in [0.05, 0.1) is 29.9 Å². The molecule has 2 aromatic heterocycles. The van der Waals surface area contributed by atoms with Crippen molar-refractivity contribution in [1.82, 2.24) is 25.1 Å². The third-order valence-electron chi connectivity index (χ3n) is 4.57. The van der Waals surface area contributed by atoms with Gasteiger partial charge in [-0.15, -0.1) is 0 Å². The molecule has 0 saturated carbocycles. The van der Waals surface area contributed by atoms with Crippen LogP contribution in [0.1, 0.15) is 35.8 Å². The number of nitrogens with zero attached hydrogens (tertiary/aromatic N) is 4. The molecule has 1 aliphatic heterocycles. The summed E-state index contributed by atoms with van der Waals surface area (Å²) in [7, 11) is 1.76. The van der Waals surface area contributed by atoms with Crippen molar-refractivity contribution in [2.45, 2.75) is 32.6 Å². The lowest BCUT2D eigenvalue weighted by Crippen LogP contribution is -2.36. The second-order valence-corrected chi connectivity index (χ2v) is 6.27. The maximum absolute atomic E-state index is 5.20. The summed E-state index contributed by atoms with van der Waals surface area (Å²) in [6, 6.07) is 0. The summed E-state index contributed by atoms with van der Waals surface area (Å²) in [4.78, 5) is 11.8. The number of hydrogen-bond acceptors (Lipinski definition) is 5. The van der Waals surface area contributed by atoms with Gasteiger partial charge in [-0.3, -0.25) is 10.1 Å². The molecular formula is C17H25N5O. The number of methoxy groups -OCH3 is 1. The van der Waals surface area contributed by atoms with Gasteiger partial charge in [-0.25, -0.2) is 4.98 Å². The van der Waals surface area contributed by atoms with Crippen LogP contribution in [-0.2, 0) is 4.74 Å². The number of ether oxygens (including phenoxy) is 1. The number of H-pyrrole nitrogens is 1. The van der Waals surface area contributed by atoms with Gasteiger partial charge in [0.1, 0.15) is 0 Å². The summed E-state index contributed by atoms with van der Waals surface area (Å²) < 4.78 is 5.20. The summed E-state index contributed by atoms with van der Waals surface area (Å²) in [5, 5.41) is 7.29. The lowest BCUT2D eigenvalue weighted by molar-refractivity contribution is 0.127. The Morgan fingerprint density at radius 1 is 1.35 bits per heavy atom. The Balaban J connectivity index is 1.80. The van der Waals surface area contributed by atoms with Crippen molar-refractivity contribution in [3.05, 3.63) is 29.5 Å². The number of piperidine rings is 1. The molecule has 0 unspecified atom stereocenters. The lowest BCUT2D eigenvalue weighted by atomic mass is 9.95. The van der Waals surface area contributed by atoms with Crippen LogP contribution >= 0.6 is 0 Å². The van der Waals surface area contributed by atoms with Gasteiger partial charge < -0.3 is 9.64 Å². The van der Waals surface area contributed by atoms with Crippen LogP contribution in [0.5, 0.6) is 0 Å². The van der Waals surface area contributed by atoms with E-state index in [1.807, 2.05) is 26.2 Å². The van der Waals surface area contributed by atoms with E-state index in [0.717, 1.165) is 54.6 Å². The SMILES string of the molecule is COCCN1CCC[C@@H](c2cncc(-c3c(C)n[nH]c3C)n2)C1. The fourth-order valence-electron chi connectivity index (χ4n) is 3.35. The predicted molar refractivity (Wildman–Crippen MR) is 89.4 cm³/mol. The van der Waals surface area contributed by atoms with Crippen molar-refractivity contribution in [3.63, 3.8) is 0 Å². The maximum atomic E-state index is 5.20. The van der Waals surface area contributed by atoms with Crippen LogP contribution in [0.4, 0.5) is 0 Å². The molecule has 1 aliphatic rings. The van der Waals surface area contributed by atoms with E-state index in [0.29, 0.717) is 5.92 Å². The van der Waals surface area contributed by atoms with E-state index >= 15 is 0 Å². The Kier molecular flexibility index (Phi) is 5.03. The number of aryl methyl sites for hydroxylation is 2. The standard InChI is InChI=1S/C17H25N5O/c1-12-17(13(2)21-20-12)16-10-18-9-15(19-16)14-5-4-6-22(11-14)7-8-23-3/h9-10,14H,4-8,11H2,1-3H3,(H,20,21)/t14-/m1/s1. The molecule has 0 amide bonds. The summed E-state index contributed by atoms with van der Waals surface area (Å²) in [6.07, 6.45) is 6.12. The second-order valence-electron chi connectivity index (χ2n) is 6.27. The van der Waals surface area contributed by atoms with Gasteiger partial charge in [0.2, 0.25) is 0 Å². The zero-order valence-corrected chi connectivity index (χ0v) is 14.2. The molecule has 0 radical (unpaired) electrons. The number of hydrogen-bond donors (Lipinski definition) is 1.